The lowest BCUT2D eigenvalue weighted by Crippen LogP contribution is -2.45. The van der Waals surface area contributed by atoms with E-state index < -0.39 is 0 Å². The quantitative estimate of drug-likeness (QED) is 0.797. The van der Waals surface area contributed by atoms with E-state index in [4.69, 9.17) is 0 Å². The fourth-order valence-electron chi connectivity index (χ4n) is 2.86. The van der Waals surface area contributed by atoms with Gasteiger partial charge in [-0.2, -0.15) is 0 Å². The van der Waals surface area contributed by atoms with Gasteiger partial charge < -0.3 is 4.90 Å². The Bertz CT molecular complexity index is 637. The van der Waals surface area contributed by atoms with Gasteiger partial charge in [0.15, 0.2) is 0 Å². The highest BCUT2D eigenvalue weighted by molar-refractivity contribution is 5.92. The fraction of sp³-hybridized carbons (Fsp3) is 0.312. The van der Waals surface area contributed by atoms with Crippen molar-refractivity contribution in [3.63, 3.8) is 0 Å². The molecule has 0 unspecified atom stereocenters. The third-order valence-electron chi connectivity index (χ3n) is 3.76. The van der Waals surface area contributed by atoms with Gasteiger partial charge in [0, 0.05) is 30.9 Å². The predicted octanol–water partition coefficient (Wildman–Crippen LogP) is 2.41. The summed E-state index contributed by atoms with van der Waals surface area (Å²) in [6, 6.07) is 8.32. The van der Waals surface area contributed by atoms with Gasteiger partial charge in [0.05, 0.1) is 6.20 Å². The second kappa shape index (κ2) is 4.71. The summed E-state index contributed by atoms with van der Waals surface area (Å²) in [5.74, 6) is -0.0549. The number of hydrogen-bond donors (Lipinski definition) is 0. The molecule has 2 aromatic rings. The highest BCUT2D eigenvalue weighted by atomic mass is 16.2. The van der Waals surface area contributed by atoms with Gasteiger partial charge in [0.1, 0.15) is 5.69 Å². The molecule has 0 saturated carbocycles. The van der Waals surface area contributed by atoms with E-state index in [0.717, 1.165) is 0 Å². The molecular formula is C16H17N3O. The Morgan fingerprint density at radius 3 is 2.80 bits per heavy atom. The molecule has 1 aliphatic heterocycles. The summed E-state index contributed by atoms with van der Waals surface area (Å²) in [6.07, 6.45) is 4.65. The largest absolute Gasteiger partial charge is 0.332 e. The van der Waals surface area contributed by atoms with Gasteiger partial charge in [-0.1, -0.05) is 38.1 Å². The molecule has 4 nitrogen and oxygen atoms in total. The first-order valence-electron chi connectivity index (χ1n) is 6.71. The first-order chi connectivity index (χ1) is 9.58. The molecule has 2 heterocycles. The second-order valence-electron chi connectivity index (χ2n) is 5.79. The lowest BCUT2D eigenvalue weighted by atomic mass is 9.78. The van der Waals surface area contributed by atoms with Crippen molar-refractivity contribution in [1.82, 2.24) is 14.9 Å². The maximum atomic E-state index is 12.5. The summed E-state index contributed by atoms with van der Waals surface area (Å²) < 4.78 is 0. The summed E-state index contributed by atoms with van der Waals surface area (Å²) >= 11 is 0. The Kier molecular flexibility index (Phi) is 3.01. The van der Waals surface area contributed by atoms with E-state index in [-0.39, 0.29) is 11.3 Å². The van der Waals surface area contributed by atoms with Gasteiger partial charge in [-0.05, 0) is 11.1 Å². The maximum absolute atomic E-state index is 12.5. The number of nitrogens with zero attached hydrogens (tertiary/aromatic N) is 3. The van der Waals surface area contributed by atoms with Crippen LogP contribution in [-0.2, 0) is 12.0 Å². The molecule has 1 aromatic heterocycles. The summed E-state index contributed by atoms with van der Waals surface area (Å²) in [7, 11) is 0. The second-order valence-corrected chi connectivity index (χ2v) is 5.79. The number of aromatic nitrogens is 2. The van der Waals surface area contributed by atoms with Crippen LogP contribution >= 0.6 is 0 Å². The van der Waals surface area contributed by atoms with Crippen molar-refractivity contribution in [2.24, 2.45) is 0 Å². The van der Waals surface area contributed by atoms with Crippen molar-refractivity contribution in [1.29, 1.82) is 0 Å². The van der Waals surface area contributed by atoms with Crippen LogP contribution in [0.2, 0.25) is 0 Å². The average molecular weight is 267 g/mol. The molecule has 3 rings (SSSR count). The van der Waals surface area contributed by atoms with Gasteiger partial charge in [-0.15, -0.1) is 0 Å². The molecule has 20 heavy (non-hydrogen) atoms. The van der Waals surface area contributed by atoms with Crippen LogP contribution in [0.1, 0.15) is 35.5 Å². The first-order valence-corrected chi connectivity index (χ1v) is 6.71. The van der Waals surface area contributed by atoms with Crippen LogP contribution < -0.4 is 0 Å². The normalized spacial score (nSPS) is 16.6. The Morgan fingerprint density at radius 2 is 2.05 bits per heavy atom. The van der Waals surface area contributed by atoms with E-state index in [2.05, 4.69) is 42.0 Å². The number of carbonyl (C=O) groups excluding carboxylic acids is 1. The van der Waals surface area contributed by atoms with Crippen molar-refractivity contribution < 1.29 is 4.79 Å². The average Bonchev–Trinajstić information content (AvgIpc) is 2.47. The summed E-state index contributed by atoms with van der Waals surface area (Å²) in [5.41, 5.74) is 2.89. The monoisotopic (exact) mass is 267 g/mol. The van der Waals surface area contributed by atoms with E-state index in [9.17, 15) is 4.79 Å². The van der Waals surface area contributed by atoms with E-state index in [1.54, 1.807) is 12.4 Å². The van der Waals surface area contributed by atoms with Crippen LogP contribution in [0.25, 0.3) is 0 Å². The smallest absolute Gasteiger partial charge is 0.274 e. The fourth-order valence-corrected chi connectivity index (χ4v) is 2.86. The lowest BCUT2D eigenvalue weighted by molar-refractivity contribution is 0.0679. The molecule has 1 aliphatic rings. The number of hydrogen-bond acceptors (Lipinski definition) is 3. The van der Waals surface area contributed by atoms with Crippen molar-refractivity contribution in [3.05, 3.63) is 59.7 Å². The van der Waals surface area contributed by atoms with E-state index in [0.29, 0.717) is 18.8 Å². The standard InChI is InChI=1S/C16H17N3O/c1-16(2)11-19(10-12-5-3-4-6-13(12)16)15(20)14-9-17-7-8-18-14/h3-9H,10-11H2,1-2H3. The number of carbonyl (C=O) groups is 1. The SMILES string of the molecule is CC1(C)CN(C(=O)c2cnccn2)Cc2ccccc21. The number of amides is 1. The molecule has 0 saturated heterocycles. The molecule has 0 spiro atoms. The van der Waals surface area contributed by atoms with Crippen molar-refractivity contribution in [3.8, 4) is 0 Å². The molecule has 4 heteroatoms. The molecule has 1 amide bonds. The zero-order chi connectivity index (χ0) is 14.2. The van der Waals surface area contributed by atoms with Gasteiger partial charge >= 0.3 is 0 Å². The molecular weight excluding hydrogens is 250 g/mol. The molecule has 0 radical (unpaired) electrons. The van der Waals surface area contributed by atoms with Gasteiger partial charge in [-0.3, -0.25) is 9.78 Å². The number of benzene rings is 1. The Balaban J connectivity index is 1.94. The molecule has 0 aliphatic carbocycles. The molecule has 102 valence electrons. The van der Waals surface area contributed by atoms with Crippen molar-refractivity contribution in [2.75, 3.05) is 6.54 Å². The van der Waals surface area contributed by atoms with Crippen molar-refractivity contribution >= 4 is 5.91 Å². The van der Waals surface area contributed by atoms with E-state index in [1.165, 1.54) is 17.3 Å². The van der Waals surface area contributed by atoms with Crippen LogP contribution in [0.3, 0.4) is 0 Å². The van der Waals surface area contributed by atoms with Gasteiger partial charge in [0.25, 0.3) is 5.91 Å². The molecule has 0 N–H and O–H groups in total. The number of rotatable bonds is 1. The van der Waals surface area contributed by atoms with E-state index >= 15 is 0 Å². The van der Waals surface area contributed by atoms with Crippen LogP contribution in [-0.4, -0.2) is 27.3 Å². The number of fused-ring (bicyclic) bond motifs is 1. The van der Waals surface area contributed by atoms with Crippen LogP contribution in [0, 0.1) is 0 Å². The minimum absolute atomic E-state index is 0.0489. The topological polar surface area (TPSA) is 46.1 Å². The summed E-state index contributed by atoms with van der Waals surface area (Å²) in [4.78, 5) is 22.4. The van der Waals surface area contributed by atoms with Crippen LogP contribution in [0.15, 0.2) is 42.9 Å². The highest BCUT2D eigenvalue weighted by Crippen LogP contribution is 2.33. The zero-order valence-corrected chi connectivity index (χ0v) is 11.7. The molecule has 1 aromatic carbocycles. The lowest BCUT2D eigenvalue weighted by Gasteiger charge is -2.39. The Morgan fingerprint density at radius 1 is 1.25 bits per heavy atom. The molecule has 0 atom stereocenters. The third kappa shape index (κ3) is 2.18. The first kappa shape index (κ1) is 12.8. The Labute approximate surface area is 118 Å². The van der Waals surface area contributed by atoms with Crippen LogP contribution in [0.4, 0.5) is 0 Å². The maximum Gasteiger partial charge on any atom is 0.274 e. The zero-order valence-electron chi connectivity index (χ0n) is 11.7. The van der Waals surface area contributed by atoms with Gasteiger partial charge in [-0.25, -0.2) is 4.98 Å². The third-order valence-corrected chi connectivity index (χ3v) is 3.76. The molecule has 0 bridgehead atoms. The summed E-state index contributed by atoms with van der Waals surface area (Å²) in [6.45, 7) is 5.67. The predicted molar refractivity (Wildman–Crippen MR) is 76.2 cm³/mol. The minimum atomic E-state index is -0.0549. The summed E-state index contributed by atoms with van der Waals surface area (Å²) in [5, 5.41) is 0. The van der Waals surface area contributed by atoms with Gasteiger partial charge in [0.2, 0.25) is 0 Å². The van der Waals surface area contributed by atoms with E-state index in [1.807, 2.05) is 11.0 Å². The highest BCUT2D eigenvalue weighted by Gasteiger charge is 2.34. The Hall–Kier alpha value is -2.23. The van der Waals surface area contributed by atoms with Crippen LogP contribution in [0.5, 0.6) is 0 Å². The van der Waals surface area contributed by atoms with Crippen molar-refractivity contribution in [2.45, 2.75) is 25.8 Å². The minimum Gasteiger partial charge on any atom is -0.332 e. The molecule has 0 fully saturated rings.